The van der Waals surface area contributed by atoms with E-state index in [1.807, 2.05) is 30.3 Å². The zero-order valence-corrected chi connectivity index (χ0v) is 15.7. The van der Waals surface area contributed by atoms with Gasteiger partial charge in [0.1, 0.15) is 30.5 Å². The molecule has 0 aliphatic carbocycles. The van der Waals surface area contributed by atoms with Crippen molar-refractivity contribution in [3.05, 3.63) is 94.0 Å². The minimum atomic E-state index is -0.724. The lowest BCUT2D eigenvalue weighted by Gasteiger charge is -2.10. The average Bonchev–Trinajstić information content (AvgIpc) is 2.77. The van der Waals surface area contributed by atoms with Crippen molar-refractivity contribution in [2.45, 2.75) is 0 Å². The van der Waals surface area contributed by atoms with E-state index in [1.54, 1.807) is 12.1 Å². The molecule has 0 fully saturated rings. The van der Waals surface area contributed by atoms with Gasteiger partial charge in [0.05, 0.1) is 16.1 Å². The predicted molar refractivity (Wildman–Crippen MR) is 107 cm³/mol. The summed E-state index contributed by atoms with van der Waals surface area (Å²) in [6, 6.07) is 19.0. The fourth-order valence-electron chi connectivity index (χ4n) is 2.54. The number of aldehydes is 1. The topological polar surface area (TPSA) is 105 Å². The first-order chi connectivity index (χ1) is 14.6. The Balaban J connectivity index is 1.60. The lowest BCUT2D eigenvalue weighted by atomic mass is 10.2. The first-order valence-corrected chi connectivity index (χ1v) is 8.93. The van der Waals surface area contributed by atoms with E-state index in [4.69, 9.17) is 14.2 Å². The molecule has 0 radical (unpaired) electrons. The number of nitro benzene ring substituents is 1. The lowest BCUT2D eigenvalue weighted by Crippen LogP contribution is -2.11. The molecule has 0 spiro atoms. The first-order valence-electron chi connectivity index (χ1n) is 8.93. The van der Waals surface area contributed by atoms with E-state index in [9.17, 15) is 19.7 Å². The number of hydrogen-bond acceptors (Lipinski definition) is 7. The molecule has 0 atom stereocenters. The van der Waals surface area contributed by atoms with Gasteiger partial charge in [-0.1, -0.05) is 24.3 Å². The van der Waals surface area contributed by atoms with Crippen LogP contribution in [0.15, 0.2) is 72.8 Å². The minimum absolute atomic E-state index is 0.0665. The second kappa shape index (κ2) is 9.83. The molecular weight excluding hydrogens is 390 g/mol. The summed E-state index contributed by atoms with van der Waals surface area (Å²) in [5.41, 5.74) is -0.167. The average molecular weight is 407 g/mol. The SMILES string of the molecule is O=Cc1cc([N+](=O)[O-])ccc1OC(=O)c1cccc(OCCOc2ccccc2)c1. The number of para-hydroxylation sites is 1. The van der Waals surface area contributed by atoms with Crippen LogP contribution in [0.5, 0.6) is 17.2 Å². The Morgan fingerprint density at radius 3 is 2.30 bits per heavy atom. The standard InChI is InChI=1S/C22H17NO7/c24-15-17-13-18(23(26)27)9-10-21(17)30-22(25)16-5-4-8-20(14-16)29-12-11-28-19-6-2-1-3-7-19/h1-10,13-15H,11-12H2. The molecule has 30 heavy (non-hydrogen) atoms. The molecule has 0 aliphatic heterocycles. The molecule has 0 heterocycles. The van der Waals surface area contributed by atoms with E-state index in [0.29, 0.717) is 18.6 Å². The zero-order valence-electron chi connectivity index (χ0n) is 15.7. The van der Waals surface area contributed by atoms with Gasteiger partial charge in [-0.15, -0.1) is 0 Å². The first kappa shape index (κ1) is 20.5. The van der Waals surface area contributed by atoms with E-state index in [-0.39, 0.29) is 29.2 Å². The monoisotopic (exact) mass is 407 g/mol. The van der Waals surface area contributed by atoms with E-state index in [1.165, 1.54) is 18.2 Å². The van der Waals surface area contributed by atoms with Crippen molar-refractivity contribution in [2.75, 3.05) is 13.2 Å². The van der Waals surface area contributed by atoms with Gasteiger partial charge < -0.3 is 14.2 Å². The van der Waals surface area contributed by atoms with Crippen LogP contribution in [0.4, 0.5) is 5.69 Å². The number of hydrogen-bond donors (Lipinski definition) is 0. The Morgan fingerprint density at radius 1 is 0.900 bits per heavy atom. The van der Waals surface area contributed by atoms with E-state index < -0.39 is 10.9 Å². The van der Waals surface area contributed by atoms with Crippen molar-refractivity contribution in [1.29, 1.82) is 0 Å². The molecule has 0 unspecified atom stereocenters. The van der Waals surface area contributed by atoms with Crippen LogP contribution < -0.4 is 14.2 Å². The van der Waals surface area contributed by atoms with Gasteiger partial charge in [0.2, 0.25) is 0 Å². The van der Waals surface area contributed by atoms with Crippen LogP contribution in [0, 0.1) is 10.1 Å². The summed E-state index contributed by atoms with van der Waals surface area (Å²) in [5, 5.41) is 10.8. The van der Waals surface area contributed by atoms with Crippen LogP contribution >= 0.6 is 0 Å². The smallest absolute Gasteiger partial charge is 0.343 e. The zero-order chi connectivity index (χ0) is 21.3. The Labute approximate surface area is 171 Å². The van der Waals surface area contributed by atoms with E-state index in [2.05, 4.69) is 0 Å². The third-order valence-corrected chi connectivity index (χ3v) is 3.97. The van der Waals surface area contributed by atoms with Crippen molar-refractivity contribution in [3.63, 3.8) is 0 Å². The van der Waals surface area contributed by atoms with Gasteiger partial charge in [0, 0.05) is 12.1 Å². The number of rotatable bonds is 9. The fraction of sp³-hybridized carbons (Fsp3) is 0.0909. The molecule has 8 heteroatoms. The summed E-state index contributed by atoms with van der Waals surface area (Å²) >= 11 is 0. The van der Waals surface area contributed by atoms with E-state index >= 15 is 0 Å². The Hall–Kier alpha value is -4.20. The number of non-ortho nitro benzene ring substituents is 1. The number of esters is 1. The van der Waals surface area contributed by atoms with Crippen molar-refractivity contribution in [1.82, 2.24) is 0 Å². The Bertz CT molecular complexity index is 1050. The van der Waals surface area contributed by atoms with Crippen LogP contribution in [-0.2, 0) is 0 Å². The third kappa shape index (κ3) is 5.41. The summed E-state index contributed by atoms with van der Waals surface area (Å²) in [7, 11) is 0. The van der Waals surface area contributed by atoms with Crippen LogP contribution in [0.1, 0.15) is 20.7 Å². The van der Waals surface area contributed by atoms with Gasteiger partial charge in [0.15, 0.2) is 6.29 Å². The summed E-state index contributed by atoms with van der Waals surface area (Å²) in [6.07, 6.45) is 0.391. The molecule has 3 rings (SSSR count). The number of benzene rings is 3. The molecule has 0 aromatic heterocycles. The molecule has 3 aromatic carbocycles. The maximum Gasteiger partial charge on any atom is 0.343 e. The van der Waals surface area contributed by atoms with Gasteiger partial charge in [-0.25, -0.2) is 4.79 Å². The molecular formula is C22H17NO7. The summed E-state index contributed by atoms with van der Waals surface area (Å²) in [5.74, 6) is 0.383. The number of nitrogens with zero attached hydrogens (tertiary/aromatic N) is 1. The van der Waals surface area contributed by atoms with Crippen molar-refractivity contribution in [2.24, 2.45) is 0 Å². The summed E-state index contributed by atoms with van der Waals surface area (Å²) in [6.45, 7) is 0.592. The van der Waals surface area contributed by atoms with E-state index in [0.717, 1.165) is 17.9 Å². The predicted octanol–water partition coefficient (Wildman–Crippen LogP) is 4.08. The highest BCUT2D eigenvalue weighted by Crippen LogP contribution is 2.24. The molecule has 8 nitrogen and oxygen atoms in total. The maximum absolute atomic E-state index is 12.4. The van der Waals surface area contributed by atoms with Gasteiger partial charge in [0.25, 0.3) is 5.69 Å². The summed E-state index contributed by atoms with van der Waals surface area (Å²) < 4.78 is 16.4. The number of carbonyl (C=O) groups excluding carboxylic acids is 2. The van der Waals surface area contributed by atoms with Gasteiger partial charge >= 0.3 is 5.97 Å². The largest absolute Gasteiger partial charge is 0.490 e. The Kier molecular flexibility index (Phi) is 6.73. The molecule has 0 amide bonds. The van der Waals surface area contributed by atoms with Gasteiger partial charge in [-0.3, -0.25) is 14.9 Å². The molecule has 0 saturated heterocycles. The molecule has 0 saturated carbocycles. The van der Waals surface area contributed by atoms with Crippen molar-refractivity contribution < 1.29 is 28.7 Å². The highest BCUT2D eigenvalue weighted by Gasteiger charge is 2.16. The van der Waals surface area contributed by atoms with Gasteiger partial charge in [-0.05, 0) is 36.4 Å². The fourth-order valence-corrected chi connectivity index (χ4v) is 2.54. The normalized spacial score (nSPS) is 10.1. The van der Waals surface area contributed by atoms with Crippen molar-refractivity contribution in [3.8, 4) is 17.2 Å². The molecule has 152 valence electrons. The summed E-state index contributed by atoms with van der Waals surface area (Å²) in [4.78, 5) is 33.8. The van der Waals surface area contributed by atoms with Crippen molar-refractivity contribution >= 4 is 17.9 Å². The molecule has 3 aromatic rings. The second-order valence-corrected chi connectivity index (χ2v) is 6.02. The highest BCUT2D eigenvalue weighted by atomic mass is 16.6. The molecule has 0 N–H and O–H groups in total. The number of ether oxygens (including phenoxy) is 3. The quantitative estimate of drug-likeness (QED) is 0.131. The minimum Gasteiger partial charge on any atom is -0.490 e. The van der Waals surface area contributed by atoms with Gasteiger partial charge in [-0.2, -0.15) is 0 Å². The molecule has 0 aliphatic rings. The highest BCUT2D eigenvalue weighted by molar-refractivity contribution is 5.93. The maximum atomic E-state index is 12.4. The third-order valence-electron chi connectivity index (χ3n) is 3.97. The van der Waals surface area contributed by atoms with Crippen LogP contribution in [0.2, 0.25) is 0 Å². The number of carbonyl (C=O) groups is 2. The van der Waals surface area contributed by atoms with Crippen LogP contribution in [0.25, 0.3) is 0 Å². The number of nitro groups is 1. The van der Waals surface area contributed by atoms with Crippen LogP contribution in [-0.4, -0.2) is 30.4 Å². The van der Waals surface area contributed by atoms with Crippen LogP contribution in [0.3, 0.4) is 0 Å². The lowest BCUT2D eigenvalue weighted by molar-refractivity contribution is -0.384. The molecule has 0 bridgehead atoms. The Morgan fingerprint density at radius 2 is 1.60 bits per heavy atom. The second-order valence-electron chi connectivity index (χ2n) is 6.02.